The van der Waals surface area contributed by atoms with E-state index in [9.17, 15) is 8.78 Å². The van der Waals surface area contributed by atoms with Crippen molar-refractivity contribution >= 4 is 0 Å². The van der Waals surface area contributed by atoms with Crippen LogP contribution < -0.4 is 5.73 Å². The van der Waals surface area contributed by atoms with Gasteiger partial charge in [-0.2, -0.15) is 0 Å². The van der Waals surface area contributed by atoms with Gasteiger partial charge in [-0.25, -0.2) is 8.78 Å². The van der Waals surface area contributed by atoms with Gasteiger partial charge in [0.1, 0.15) is 0 Å². The zero-order chi connectivity index (χ0) is 12.4. The van der Waals surface area contributed by atoms with Crippen LogP contribution in [-0.4, -0.2) is 24.5 Å². The summed E-state index contributed by atoms with van der Waals surface area (Å²) < 4.78 is 26.9. The van der Waals surface area contributed by atoms with Gasteiger partial charge in [-0.3, -0.25) is 4.90 Å². The van der Waals surface area contributed by atoms with Gasteiger partial charge < -0.3 is 5.73 Å². The van der Waals surface area contributed by atoms with Crippen molar-refractivity contribution in [3.05, 3.63) is 35.4 Å². The normalized spacial score (nSPS) is 18.2. The Morgan fingerprint density at radius 3 is 2.65 bits per heavy atom. The van der Waals surface area contributed by atoms with Crippen LogP contribution in [0.5, 0.6) is 0 Å². The number of benzene rings is 1. The minimum atomic E-state index is -0.803. The molecule has 17 heavy (non-hydrogen) atoms. The van der Waals surface area contributed by atoms with Crippen molar-refractivity contribution in [2.24, 2.45) is 5.73 Å². The quantitative estimate of drug-likeness (QED) is 0.876. The first kappa shape index (κ1) is 12.5. The lowest BCUT2D eigenvalue weighted by molar-refractivity contribution is 0.111. The first-order valence-corrected chi connectivity index (χ1v) is 6.01. The Hall–Kier alpha value is -1.00. The predicted molar refractivity (Wildman–Crippen MR) is 63.6 cm³/mol. The van der Waals surface area contributed by atoms with E-state index in [4.69, 9.17) is 5.73 Å². The van der Waals surface area contributed by atoms with Crippen LogP contribution in [0.2, 0.25) is 0 Å². The van der Waals surface area contributed by atoms with E-state index in [2.05, 4.69) is 4.90 Å². The van der Waals surface area contributed by atoms with Gasteiger partial charge in [0.15, 0.2) is 11.6 Å². The lowest BCUT2D eigenvalue weighted by Crippen LogP contribution is -2.42. The topological polar surface area (TPSA) is 29.3 Å². The van der Waals surface area contributed by atoms with Crippen molar-refractivity contribution in [1.29, 1.82) is 0 Å². The van der Waals surface area contributed by atoms with Crippen molar-refractivity contribution in [2.75, 3.05) is 13.6 Å². The number of nitrogens with zero attached hydrogens (tertiary/aromatic N) is 1. The maximum atomic E-state index is 13.7. The van der Waals surface area contributed by atoms with Crippen LogP contribution in [-0.2, 0) is 0 Å². The van der Waals surface area contributed by atoms with Gasteiger partial charge in [0.05, 0.1) is 0 Å². The molecule has 1 aliphatic carbocycles. The Bertz CT molecular complexity index is 391. The largest absolute Gasteiger partial charge is 0.329 e. The zero-order valence-corrected chi connectivity index (χ0v) is 10.00. The highest BCUT2D eigenvalue weighted by molar-refractivity contribution is 5.23. The highest BCUT2D eigenvalue weighted by Gasteiger charge is 2.29. The minimum absolute atomic E-state index is 0.240. The summed E-state index contributed by atoms with van der Waals surface area (Å²) in [4.78, 5) is 2.07. The van der Waals surface area contributed by atoms with E-state index in [1.54, 1.807) is 6.07 Å². The van der Waals surface area contributed by atoms with Gasteiger partial charge in [0.25, 0.3) is 0 Å². The number of halogens is 2. The zero-order valence-electron chi connectivity index (χ0n) is 10.00. The Morgan fingerprint density at radius 2 is 2.12 bits per heavy atom. The molecule has 0 heterocycles. The molecule has 0 amide bonds. The third-order valence-electron chi connectivity index (χ3n) is 3.71. The van der Waals surface area contributed by atoms with Gasteiger partial charge in [-0.15, -0.1) is 0 Å². The molecule has 0 saturated heterocycles. The fraction of sp³-hybridized carbons (Fsp3) is 0.538. The minimum Gasteiger partial charge on any atom is -0.329 e. The summed E-state index contributed by atoms with van der Waals surface area (Å²) in [5, 5.41) is 0. The number of likely N-dealkylation sites (N-methyl/N-ethyl adjacent to an activating group) is 1. The molecule has 1 saturated carbocycles. The molecule has 0 spiro atoms. The maximum Gasteiger partial charge on any atom is 0.163 e. The summed E-state index contributed by atoms with van der Waals surface area (Å²) in [5.74, 6) is -1.57. The summed E-state index contributed by atoms with van der Waals surface area (Å²) in [5.41, 5.74) is 6.07. The maximum absolute atomic E-state index is 13.7. The van der Waals surface area contributed by atoms with Crippen molar-refractivity contribution < 1.29 is 8.78 Å². The second-order valence-corrected chi connectivity index (χ2v) is 4.64. The van der Waals surface area contributed by atoms with Gasteiger partial charge in [0.2, 0.25) is 0 Å². The van der Waals surface area contributed by atoms with Crippen LogP contribution in [0, 0.1) is 11.6 Å². The molecule has 1 aliphatic rings. The first-order chi connectivity index (χ1) is 8.15. The van der Waals surface area contributed by atoms with E-state index in [0.717, 1.165) is 18.9 Å². The molecule has 1 aromatic rings. The molecule has 0 radical (unpaired) electrons. The lowest BCUT2D eigenvalue weighted by atomic mass is 9.89. The van der Waals surface area contributed by atoms with Crippen molar-refractivity contribution in [1.82, 2.24) is 4.90 Å². The fourth-order valence-electron chi connectivity index (χ4n) is 2.34. The Morgan fingerprint density at radius 1 is 1.41 bits per heavy atom. The van der Waals surface area contributed by atoms with Gasteiger partial charge in [0, 0.05) is 24.2 Å². The molecule has 0 aliphatic heterocycles. The second-order valence-electron chi connectivity index (χ2n) is 4.64. The highest BCUT2D eigenvalue weighted by atomic mass is 19.2. The molecule has 0 aromatic heterocycles. The fourth-order valence-corrected chi connectivity index (χ4v) is 2.34. The number of nitrogens with two attached hydrogens (primary N) is 1. The molecular formula is C13H18F2N2. The standard InChI is InChI=1S/C13H18F2N2/c1-17(9-4-2-5-9)12(8-16)10-6-3-7-11(14)13(10)15/h3,6-7,9,12H,2,4-5,8,16H2,1H3. The average Bonchev–Trinajstić information content (AvgIpc) is 2.23. The van der Waals surface area contributed by atoms with E-state index in [-0.39, 0.29) is 6.04 Å². The molecule has 94 valence electrons. The van der Waals surface area contributed by atoms with E-state index in [1.807, 2.05) is 7.05 Å². The summed E-state index contributed by atoms with van der Waals surface area (Å²) in [6.45, 7) is 0.299. The van der Waals surface area contributed by atoms with E-state index in [0.29, 0.717) is 18.2 Å². The number of hydrogen-bond donors (Lipinski definition) is 1. The van der Waals surface area contributed by atoms with Crippen LogP contribution in [0.25, 0.3) is 0 Å². The van der Waals surface area contributed by atoms with E-state index >= 15 is 0 Å². The van der Waals surface area contributed by atoms with Crippen molar-refractivity contribution in [3.63, 3.8) is 0 Å². The molecule has 1 fully saturated rings. The summed E-state index contributed by atoms with van der Waals surface area (Å²) in [6.07, 6.45) is 3.44. The van der Waals surface area contributed by atoms with E-state index in [1.165, 1.54) is 12.5 Å². The predicted octanol–water partition coefficient (Wildman–Crippen LogP) is 2.45. The molecule has 2 rings (SSSR count). The molecule has 0 bridgehead atoms. The lowest BCUT2D eigenvalue weighted by Gasteiger charge is -2.39. The summed E-state index contributed by atoms with van der Waals surface area (Å²) in [6, 6.07) is 4.49. The average molecular weight is 240 g/mol. The van der Waals surface area contributed by atoms with Crippen LogP contribution in [0.4, 0.5) is 8.78 Å². The van der Waals surface area contributed by atoms with E-state index < -0.39 is 11.6 Å². The molecule has 4 heteroatoms. The SMILES string of the molecule is CN(C1CCC1)C(CN)c1cccc(F)c1F. The molecule has 2 nitrogen and oxygen atoms in total. The number of rotatable bonds is 4. The molecular weight excluding hydrogens is 222 g/mol. The Labute approximate surface area is 100 Å². The van der Waals surface area contributed by atoms with Crippen molar-refractivity contribution in [3.8, 4) is 0 Å². The van der Waals surface area contributed by atoms with Crippen LogP contribution in [0.1, 0.15) is 30.9 Å². The first-order valence-electron chi connectivity index (χ1n) is 6.01. The van der Waals surface area contributed by atoms with Crippen molar-refractivity contribution in [2.45, 2.75) is 31.3 Å². The Kier molecular flexibility index (Phi) is 3.74. The second kappa shape index (κ2) is 5.10. The van der Waals surface area contributed by atoms with Crippen LogP contribution in [0.15, 0.2) is 18.2 Å². The smallest absolute Gasteiger partial charge is 0.163 e. The molecule has 1 unspecified atom stereocenters. The highest BCUT2D eigenvalue weighted by Crippen LogP contribution is 2.31. The monoisotopic (exact) mass is 240 g/mol. The third-order valence-corrected chi connectivity index (χ3v) is 3.71. The third kappa shape index (κ3) is 2.33. The summed E-state index contributed by atoms with van der Waals surface area (Å²) >= 11 is 0. The van der Waals surface area contributed by atoms with Gasteiger partial charge in [-0.1, -0.05) is 18.6 Å². The molecule has 1 aromatic carbocycles. The van der Waals surface area contributed by atoms with Gasteiger partial charge >= 0.3 is 0 Å². The Balaban J connectivity index is 2.24. The molecule has 1 atom stereocenters. The van der Waals surface area contributed by atoms with Crippen LogP contribution >= 0.6 is 0 Å². The van der Waals surface area contributed by atoms with Crippen LogP contribution in [0.3, 0.4) is 0 Å². The van der Waals surface area contributed by atoms with Gasteiger partial charge in [-0.05, 0) is 26.0 Å². The summed E-state index contributed by atoms with van der Waals surface area (Å²) in [7, 11) is 1.94. The number of hydrogen-bond acceptors (Lipinski definition) is 2. The molecule has 2 N–H and O–H groups in total.